The SMILES string of the molecule is CCCCCCCCCCCCC(CCCc1ccccc1)(C(=O)O)C(=O)O. The van der Waals surface area contributed by atoms with E-state index in [1.807, 2.05) is 30.3 Å². The predicted octanol–water partition coefficient (Wildman–Crippen LogP) is 6.48. The molecule has 0 fully saturated rings. The standard InChI is InChI=1S/C24H38O4/c1-2-3-4-5-6-7-8-9-10-14-19-24(22(25)26,23(27)28)20-15-18-21-16-12-11-13-17-21/h11-13,16-17H,2-10,14-15,18-20H2,1H3,(H,25,26)(H,27,28). The average Bonchev–Trinajstić information content (AvgIpc) is 2.68. The Balaban J connectivity index is 2.34. The number of aliphatic carboxylic acids is 2. The van der Waals surface area contributed by atoms with Gasteiger partial charge in [0.1, 0.15) is 0 Å². The van der Waals surface area contributed by atoms with Gasteiger partial charge in [0.15, 0.2) is 5.41 Å². The van der Waals surface area contributed by atoms with Crippen molar-refractivity contribution in [1.82, 2.24) is 0 Å². The fourth-order valence-corrected chi connectivity index (χ4v) is 3.80. The molecule has 0 saturated carbocycles. The van der Waals surface area contributed by atoms with Crippen LogP contribution in [0.5, 0.6) is 0 Å². The van der Waals surface area contributed by atoms with E-state index in [0.717, 1.165) is 24.8 Å². The van der Waals surface area contributed by atoms with Gasteiger partial charge in [-0.3, -0.25) is 9.59 Å². The van der Waals surface area contributed by atoms with Crippen molar-refractivity contribution in [2.75, 3.05) is 0 Å². The third kappa shape index (κ3) is 8.90. The van der Waals surface area contributed by atoms with Gasteiger partial charge < -0.3 is 10.2 Å². The lowest BCUT2D eigenvalue weighted by Crippen LogP contribution is -2.39. The molecule has 0 aliphatic rings. The van der Waals surface area contributed by atoms with Crippen LogP contribution in [0.15, 0.2) is 30.3 Å². The summed E-state index contributed by atoms with van der Waals surface area (Å²) in [7, 11) is 0. The number of carboxylic acids is 2. The molecule has 0 heterocycles. The highest BCUT2D eigenvalue weighted by molar-refractivity contribution is 5.98. The fourth-order valence-electron chi connectivity index (χ4n) is 3.80. The summed E-state index contributed by atoms with van der Waals surface area (Å²) in [6, 6.07) is 9.81. The third-order valence-electron chi connectivity index (χ3n) is 5.69. The highest BCUT2D eigenvalue weighted by Crippen LogP contribution is 2.32. The Morgan fingerprint density at radius 1 is 0.714 bits per heavy atom. The molecule has 1 aromatic carbocycles. The molecule has 0 amide bonds. The van der Waals surface area contributed by atoms with Crippen molar-refractivity contribution in [3.63, 3.8) is 0 Å². The first kappa shape index (κ1) is 24.2. The van der Waals surface area contributed by atoms with E-state index in [4.69, 9.17) is 0 Å². The molecule has 1 rings (SSSR count). The first-order valence-corrected chi connectivity index (χ1v) is 11.0. The van der Waals surface area contributed by atoms with E-state index < -0.39 is 17.4 Å². The summed E-state index contributed by atoms with van der Waals surface area (Å²) in [6.07, 6.45) is 13.2. The number of carboxylic acid groups (broad SMARTS) is 2. The van der Waals surface area contributed by atoms with Crippen LogP contribution in [-0.4, -0.2) is 22.2 Å². The molecule has 4 heteroatoms. The Kier molecular flexibility index (Phi) is 12.3. The minimum absolute atomic E-state index is 0.185. The van der Waals surface area contributed by atoms with Gasteiger partial charge in [0.2, 0.25) is 0 Å². The summed E-state index contributed by atoms with van der Waals surface area (Å²) in [6.45, 7) is 2.22. The van der Waals surface area contributed by atoms with Crippen LogP contribution in [0.3, 0.4) is 0 Å². The van der Waals surface area contributed by atoms with E-state index in [1.165, 1.54) is 38.5 Å². The number of carbonyl (C=O) groups is 2. The number of hydrogen-bond donors (Lipinski definition) is 2. The van der Waals surface area contributed by atoms with Crippen LogP contribution in [0.1, 0.15) is 96.0 Å². The zero-order valence-corrected chi connectivity index (χ0v) is 17.5. The molecule has 2 N–H and O–H groups in total. The van der Waals surface area contributed by atoms with Crippen LogP contribution < -0.4 is 0 Å². The summed E-state index contributed by atoms with van der Waals surface area (Å²) < 4.78 is 0. The first-order chi connectivity index (χ1) is 13.5. The van der Waals surface area contributed by atoms with E-state index in [1.54, 1.807) is 0 Å². The molecule has 0 aliphatic carbocycles. The maximum absolute atomic E-state index is 11.8. The lowest BCUT2D eigenvalue weighted by Gasteiger charge is -2.25. The summed E-state index contributed by atoms with van der Waals surface area (Å²) in [5.74, 6) is -2.38. The zero-order valence-electron chi connectivity index (χ0n) is 17.5. The molecule has 158 valence electrons. The van der Waals surface area contributed by atoms with Gasteiger partial charge in [0.25, 0.3) is 0 Å². The lowest BCUT2D eigenvalue weighted by molar-refractivity contribution is -0.166. The van der Waals surface area contributed by atoms with E-state index in [9.17, 15) is 19.8 Å². The van der Waals surface area contributed by atoms with E-state index in [-0.39, 0.29) is 12.8 Å². The smallest absolute Gasteiger partial charge is 0.321 e. The molecule has 1 aromatic rings. The Bertz CT molecular complexity index is 539. The van der Waals surface area contributed by atoms with Crippen molar-refractivity contribution in [1.29, 1.82) is 0 Å². The summed E-state index contributed by atoms with van der Waals surface area (Å²) in [4.78, 5) is 23.6. The van der Waals surface area contributed by atoms with Gasteiger partial charge in [0.05, 0.1) is 0 Å². The van der Waals surface area contributed by atoms with Gasteiger partial charge in [-0.15, -0.1) is 0 Å². The number of hydrogen-bond acceptors (Lipinski definition) is 2. The van der Waals surface area contributed by atoms with Crippen LogP contribution in [0.4, 0.5) is 0 Å². The summed E-state index contributed by atoms with van der Waals surface area (Å²) >= 11 is 0. The summed E-state index contributed by atoms with van der Waals surface area (Å²) in [5.41, 5.74) is -0.527. The Labute approximate surface area is 170 Å². The third-order valence-corrected chi connectivity index (χ3v) is 5.69. The minimum atomic E-state index is -1.64. The molecule has 0 unspecified atom stereocenters. The maximum Gasteiger partial charge on any atom is 0.321 e. The van der Waals surface area contributed by atoms with Crippen LogP contribution in [0, 0.1) is 5.41 Å². The van der Waals surface area contributed by atoms with Gasteiger partial charge in [-0.25, -0.2) is 0 Å². The van der Waals surface area contributed by atoms with Crippen molar-refractivity contribution in [2.45, 2.75) is 96.8 Å². The van der Waals surface area contributed by atoms with Crippen molar-refractivity contribution in [3.8, 4) is 0 Å². The number of benzene rings is 1. The predicted molar refractivity (Wildman–Crippen MR) is 114 cm³/mol. The van der Waals surface area contributed by atoms with E-state index >= 15 is 0 Å². The number of rotatable bonds is 17. The minimum Gasteiger partial charge on any atom is -0.480 e. The lowest BCUT2D eigenvalue weighted by atomic mass is 9.77. The van der Waals surface area contributed by atoms with Gasteiger partial charge in [-0.2, -0.15) is 0 Å². The second kappa shape index (κ2) is 14.2. The highest BCUT2D eigenvalue weighted by atomic mass is 16.4. The maximum atomic E-state index is 11.8. The Hall–Kier alpha value is -1.84. The van der Waals surface area contributed by atoms with Crippen molar-refractivity contribution < 1.29 is 19.8 Å². The molecule has 0 aliphatic heterocycles. The van der Waals surface area contributed by atoms with Crippen LogP contribution in [0.2, 0.25) is 0 Å². The molecule has 4 nitrogen and oxygen atoms in total. The molecular weight excluding hydrogens is 352 g/mol. The molecule has 28 heavy (non-hydrogen) atoms. The van der Waals surface area contributed by atoms with Gasteiger partial charge >= 0.3 is 11.9 Å². The molecule has 0 saturated heterocycles. The molecular formula is C24H38O4. The zero-order chi connectivity index (χ0) is 20.7. The largest absolute Gasteiger partial charge is 0.480 e. The second-order valence-electron chi connectivity index (χ2n) is 7.96. The van der Waals surface area contributed by atoms with E-state index in [0.29, 0.717) is 19.3 Å². The molecule has 0 aromatic heterocycles. The Morgan fingerprint density at radius 3 is 1.68 bits per heavy atom. The van der Waals surface area contributed by atoms with Gasteiger partial charge in [0, 0.05) is 0 Å². The summed E-state index contributed by atoms with van der Waals surface area (Å²) in [5, 5.41) is 19.3. The number of unbranched alkanes of at least 4 members (excludes halogenated alkanes) is 9. The molecule has 0 bridgehead atoms. The highest BCUT2D eigenvalue weighted by Gasteiger charge is 2.45. The second-order valence-corrected chi connectivity index (χ2v) is 7.96. The van der Waals surface area contributed by atoms with Crippen LogP contribution in [-0.2, 0) is 16.0 Å². The molecule has 0 radical (unpaired) electrons. The normalized spacial score (nSPS) is 11.5. The molecule has 0 atom stereocenters. The quantitative estimate of drug-likeness (QED) is 0.236. The van der Waals surface area contributed by atoms with Crippen molar-refractivity contribution in [2.24, 2.45) is 5.41 Å². The Morgan fingerprint density at radius 2 is 1.18 bits per heavy atom. The number of aryl methyl sites for hydroxylation is 1. The van der Waals surface area contributed by atoms with Crippen LogP contribution in [0.25, 0.3) is 0 Å². The molecule has 0 spiro atoms. The van der Waals surface area contributed by atoms with Gasteiger partial charge in [-0.1, -0.05) is 101 Å². The van der Waals surface area contributed by atoms with E-state index in [2.05, 4.69) is 6.92 Å². The monoisotopic (exact) mass is 390 g/mol. The first-order valence-electron chi connectivity index (χ1n) is 11.0. The topological polar surface area (TPSA) is 74.6 Å². The van der Waals surface area contributed by atoms with Crippen molar-refractivity contribution in [3.05, 3.63) is 35.9 Å². The average molecular weight is 391 g/mol. The van der Waals surface area contributed by atoms with Crippen LogP contribution >= 0.6 is 0 Å². The van der Waals surface area contributed by atoms with Gasteiger partial charge in [-0.05, 0) is 31.2 Å². The van der Waals surface area contributed by atoms with Crippen molar-refractivity contribution >= 4 is 11.9 Å². The fraction of sp³-hybridized carbons (Fsp3) is 0.667.